The van der Waals surface area contributed by atoms with Gasteiger partial charge in [0.05, 0.1) is 12.1 Å². The zero-order chi connectivity index (χ0) is 17.4. The Kier molecular flexibility index (Phi) is 6.93. The predicted octanol–water partition coefficient (Wildman–Crippen LogP) is 2.69. The minimum absolute atomic E-state index is 0.0348. The summed E-state index contributed by atoms with van der Waals surface area (Å²) >= 11 is 1.53. The van der Waals surface area contributed by atoms with Gasteiger partial charge in [0.25, 0.3) is 0 Å². The third-order valence-electron chi connectivity index (χ3n) is 3.44. The molecule has 2 aromatic rings. The number of carbonyl (C=O) groups is 2. The maximum Gasteiger partial charge on any atom is 0.226 e. The lowest BCUT2D eigenvalue weighted by Gasteiger charge is -2.05. The minimum Gasteiger partial charge on any atom is -0.356 e. The Bertz CT molecular complexity index is 680. The fourth-order valence-electron chi connectivity index (χ4n) is 2.11. The highest BCUT2D eigenvalue weighted by molar-refractivity contribution is 7.13. The lowest BCUT2D eigenvalue weighted by atomic mass is 10.2. The Hall–Kier alpha value is -2.21. The second-order valence-electron chi connectivity index (χ2n) is 5.64. The van der Waals surface area contributed by atoms with Crippen molar-refractivity contribution >= 4 is 23.2 Å². The molecule has 0 aliphatic carbocycles. The Morgan fingerprint density at radius 3 is 2.50 bits per heavy atom. The number of amides is 2. The van der Waals surface area contributed by atoms with Crippen molar-refractivity contribution in [1.29, 1.82) is 0 Å². The fourth-order valence-corrected chi connectivity index (χ4v) is 2.94. The van der Waals surface area contributed by atoms with Crippen LogP contribution < -0.4 is 10.6 Å². The van der Waals surface area contributed by atoms with Crippen LogP contribution in [-0.2, 0) is 16.0 Å². The molecule has 128 valence electrons. The molecule has 0 bridgehead atoms. The van der Waals surface area contributed by atoms with Crippen molar-refractivity contribution < 1.29 is 9.59 Å². The molecule has 6 heteroatoms. The van der Waals surface area contributed by atoms with E-state index in [9.17, 15) is 9.59 Å². The van der Waals surface area contributed by atoms with Crippen LogP contribution in [0.5, 0.6) is 0 Å². The van der Waals surface area contributed by atoms with Gasteiger partial charge in [0, 0.05) is 30.5 Å². The first-order valence-electron chi connectivity index (χ1n) is 8.13. The van der Waals surface area contributed by atoms with E-state index in [0.29, 0.717) is 19.5 Å². The van der Waals surface area contributed by atoms with Crippen molar-refractivity contribution in [3.05, 3.63) is 40.9 Å². The second kappa shape index (κ2) is 9.17. The van der Waals surface area contributed by atoms with Gasteiger partial charge in [0.2, 0.25) is 11.8 Å². The average molecular weight is 345 g/mol. The van der Waals surface area contributed by atoms with Crippen LogP contribution in [0.3, 0.4) is 0 Å². The molecule has 0 spiro atoms. The lowest BCUT2D eigenvalue weighted by molar-refractivity contribution is -0.122. The topological polar surface area (TPSA) is 71.1 Å². The molecule has 1 heterocycles. The molecule has 0 aliphatic heterocycles. The van der Waals surface area contributed by atoms with E-state index in [1.807, 2.05) is 43.5 Å². The summed E-state index contributed by atoms with van der Waals surface area (Å²) in [6, 6.07) is 8.17. The van der Waals surface area contributed by atoms with Crippen molar-refractivity contribution in [1.82, 2.24) is 15.6 Å². The standard InChI is InChI=1S/C18H23N3O2S/c1-3-9-19-16(22)8-10-20-17(23)11-15-12-24-18(21-15)14-6-4-13(2)5-7-14/h4-7,12H,3,8-11H2,1-2H3,(H,19,22)(H,20,23). The van der Waals surface area contributed by atoms with Crippen molar-refractivity contribution in [2.24, 2.45) is 0 Å². The van der Waals surface area contributed by atoms with Crippen LogP contribution in [0.2, 0.25) is 0 Å². The van der Waals surface area contributed by atoms with Gasteiger partial charge in [-0.15, -0.1) is 11.3 Å². The first-order chi connectivity index (χ1) is 11.6. The number of thiazole rings is 1. The summed E-state index contributed by atoms with van der Waals surface area (Å²) in [6.07, 6.45) is 1.45. The van der Waals surface area contributed by atoms with Crippen molar-refractivity contribution in [3.8, 4) is 10.6 Å². The normalized spacial score (nSPS) is 10.4. The van der Waals surface area contributed by atoms with Crippen LogP contribution in [0, 0.1) is 6.92 Å². The molecule has 2 rings (SSSR count). The largest absolute Gasteiger partial charge is 0.356 e. The smallest absolute Gasteiger partial charge is 0.226 e. The zero-order valence-corrected chi connectivity index (χ0v) is 14.9. The van der Waals surface area contributed by atoms with Crippen molar-refractivity contribution in [2.45, 2.75) is 33.1 Å². The van der Waals surface area contributed by atoms with Crippen LogP contribution >= 0.6 is 11.3 Å². The molecule has 24 heavy (non-hydrogen) atoms. The molecule has 0 unspecified atom stereocenters. The van der Waals surface area contributed by atoms with E-state index in [1.54, 1.807) is 0 Å². The number of nitrogens with one attached hydrogen (secondary N) is 2. The fraction of sp³-hybridized carbons (Fsp3) is 0.389. The second-order valence-corrected chi connectivity index (χ2v) is 6.49. The van der Waals surface area contributed by atoms with Gasteiger partial charge in [0.1, 0.15) is 5.01 Å². The molecule has 0 saturated heterocycles. The number of aromatic nitrogens is 1. The maximum absolute atomic E-state index is 11.9. The van der Waals surface area contributed by atoms with Crippen molar-refractivity contribution in [3.63, 3.8) is 0 Å². The molecule has 0 atom stereocenters. The van der Waals surface area contributed by atoms with Crippen LogP contribution in [0.25, 0.3) is 10.6 Å². The Morgan fingerprint density at radius 1 is 1.08 bits per heavy atom. The lowest BCUT2D eigenvalue weighted by Crippen LogP contribution is -2.31. The highest BCUT2D eigenvalue weighted by atomic mass is 32.1. The summed E-state index contributed by atoms with van der Waals surface area (Å²) in [5.74, 6) is -0.147. The number of carbonyl (C=O) groups excluding carboxylic acids is 2. The van der Waals surface area contributed by atoms with Crippen LogP contribution in [0.1, 0.15) is 31.0 Å². The van der Waals surface area contributed by atoms with Gasteiger partial charge < -0.3 is 10.6 Å². The number of benzene rings is 1. The predicted molar refractivity (Wildman–Crippen MR) is 96.9 cm³/mol. The Labute approximate surface area is 146 Å². The van der Waals surface area contributed by atoms with Crippen LogP contribution in [0.15, 0.2) is 29.6 Å². The summed E-state index contributed by atoms with van der Waals surface area (Å²) in [7, 11) is 0. The molecule has 0 aliphatic rings. The van der Waals surface area contributed by atoms with Gasteiger partial charge in [-0.3, -0.25) is 9.59 Å². The number of aryl methyl sites for hydroxylation is 1. The SMILES string of the molecule is CCCNC(=O)CCNC(=O)Cc1csc(-c2ccc(C)cc2)n1. The molecule has 2 N–H and O–H groups in total. The first kappa shape index (κ1) is 18.1. The Morgan fingerprint density at radius 2 is 1.79 bits per heavy atom. The highest BCUT2D eigenvalue weighted by Gasteiger charge is 2.09. The third kappa shape index (κ3) is 5.77. The van der Waals surface area contributed by atoms with E-state index in [4.69, 9.17) is 0 Å². The van der Waals surface area contributed by atoms with E-state index in [0.717, 1.165) is 22.7 Å². The number of nitrogens with zero attached hydrogens (tertiary/aromatic N) is 1. The maximum atomic E-state index is 11.9. The number of hydrogen-bond acceptors (Lipinski definition) is 4. The van der Waals surface area contributed by atoms with Gasteiger partial charge in [-0.05, 0) is 13.3 Å². The number of rotatable bonds is 8. The quantitative estimate of drug-likeness (QED) is 0.773. The summed E-state index contributed by atoms with van der Waals surface area (Å²) in [5.41, 5.74) is 3.02. The van der Waals surface area contributed by atoms with Gasteiger partial charge in [-0.25, -0.2) is 4.98 Å². The van der Waals surface area contributed by atoms with Crippen LogP contribution in [0.4, 0.5) is 0 Å². The highest BCUT2D eigenvalue weighted by Crippen LogP contribution is 2.24. The minimum atomic E-state index is -0.112. The van der Waals surface area contributed by atoms with Crippen molar-refractivity contribution in [2.75, 3.05) is 13.1 Å². The van der Waals surface area contributed by atoms with Gasteiger partial charge in [-0.1, -0.05) is 36.8 Å². The molecule has 0 fully saturated rings. The monoisotopic (exact) mass is 345 g/mol. The summed E-state index contributed by atoms with van der Waals surface area (Å²) in [6.45, 7) is 5.07. The molecule has 1 aromatic heterocycles. The third-order valence-corrected chi connectivity index (χ3v) is 4.38. The molecule has 1 aromatic carbocycles. The zero-order valence-electron chi connectivity index (χ0n) is 14.1. The van der Waals surface area contributed by atoms with E-state index in [-0.39, 0.29) is 18.2 Å². The van der Waals surface area contributed by atoms with Gasteiger partial charge in [-0.2, -0.15) is 0 Å². The van der Waals surface area contributed by atoms with E-state index < -0.39 is 0 Å². The van der Waals surface area contributed by atoms with Gasteiger partial charge >= 0.3 is 0 Å². The van der Waals surface area contributed by atoms with Gasteiger partial charge in [0.15, 0.2) is 0 Å². The summed E-state index contributed by atoms with van der Waals surface area (Å²) in [4.78, 5) is 27.9. The molecule has 0 saturated carbocycles. The summed E-state index contributed by atoms with van der Waals surface area (Å²) < 4.78 is 0. The average Bonchev–Trinajstić information content (AvgIpc) is 3.02. The first-order valence-corrected chi connectivity index (χ1v) is 9.01. The number of hydrogen-bond donors (Lipinski definition) is 2. The van der Waals surface area contributed by atoms with E-state index >= 15 is 0 Å². The molecular formula is C18H23N3O2S. The summed E-state index contributed by atoms with van der Waals surface area (Å²) in [5, 5.41) is 8.36. The molecular weight excluding hydrogens is 322 g/mol. The van der Waals surface area contributed by atoms with E-state index in [1.165, 1.54) is 16.9 Å². The Balaban J connectivity index is 1.78. The molecule has 5 nitrogen and oxygen atoms in total. The van der Waals surface area contributed by atoms with E-state index in [2.05, 4.69) is 15.6 Å². The van der Waals surface area contributed by atoms with Crippen LogP contribution in [-0.4, -0.2) is 29.9 Å². The molecule has 0 radical (unpaired) electrons. The molecule has 2 amide bonds.